The fourth-order valence-corrected chi connectivity index (χ4v) is 0.871. The summed E-state index contributed by atoms with van der Waals surface area (Å²) < 4.78 is 40.4. The molecule has 1 heterocycles. The number of carbonyl (C=O) groups is 1. The molecule has 0 spiro atoms. The van der Waals surface area contributed by atoms with E-state index in [-0.39, 0.29) is 17.6 Å². The average Bonchev–Trinajstić information content (AvgIpc) is 2.27. The predicted molar refractivity (Wildman–Crippen MR) is 50.3 cm³/mol. The Bertz CT molecular complexity index is 457. The van der Waals surface area contributed by atoms with Gasteiger partial charge >= 0.3 is 6.18 Å². The predicted octanol–water partition coefficient (Wildman–Crippen LogP) is 1.52. The molecule has 8 heteroatoms. The maximum Gasteiger partial charge on any atom is 0.454 e. The number of aromatic nitrogens is 2. The lowest BCUT2D eigenvalue weighted by atomic mass is 10.2. The summed E-state index contributed by atoms with van der Waals surface area (Å²) in [6.07, 6.45) is -4.01. The number of aliphatic hydroxyl groups excluding tert-OH is 1. The summed E-state index contributed by atoms with van der Waals surface area (Å²) >= 11 is 0. The molecule has 0 aromatic carbocycles. The van der Waals surface area contributed by atoms with E-state index in [9.17, 15) is 23.1 Å². The highest BCUT2D eigenvalue weighted by Gasteiger charge is 2.37. The first kappa shape index (κ1) is 12.9. The summed E-state index contributed by atoms with van der Waals surface area (Å²) in [5.41, 5.74) is -0.241. The molecule has 0 saturated heterocycles. The molecule has 0 aliphatic carbocycles. The van der Waals surface area contributed by atoms with E-state index in [1.165, 1.54) is 7.11 Å². The standard InChI is InChI=1S/C9H7F3N2O3/c1-17-8-2-5(13-4-14-8)6(15)3-7(16)9(10,11)12/h2-4,15H,1H3. The van der Waals surface area contributed by atoms with Crippen molar-refractivity contribution < 1.29 is 27.8 Å². The van der Waals surface area contributed by atoms with Crippen LogP contribution in [0.3, 0.4) is 0 Å². The molecule has 0 amide bonds. The highest BCUT2D eigenvalue weighted by molar-refractivity contribution is 5.98. The van der Waals surface area contributed by atoms with E-state index in [4.69, 9.17) is 0 Å². The summed E-state index contributed by atoms with van der Waals surface area (Å²) in [5.74, 6) is -3.03. The molecule has 0 saturated carbocycles. The van der Waals surface area contributed by atoms with Gasteiger partial charge in [-0.3, -0.25) is 4.79 Å². The molecule has 0 unspecified atom stereocenters. The summed E-state index contributed by atoms with van der Waals surface area (Å²) in [6.45, 7) is 0. The van der Waals surface area contributed by atoms with Crippen LogP contribution in [-0.4, -0.2) is 34.1 Å². The van der Waals surface area contributed by atoms with Crippen LogP contribution in [0.5, 0.6) is 5.88 Å². The van der Waals surface area contributed by atoms with Crippen molar-refractivity contribution >= 4 is 11.5 Å². The van der Waals surface area contributed by atoms with Crippen LogP contribution in [0, 0.1) is 0 Å². The second-order valence-electron chi connectivity index (χ2n) is 2.84. The van der Waals surface area contributed by atoms with Gasteiger partial charge < -0.3 is 9.84 Å². The molecule has 1 rings (SSSR count). The quantitative estimate of drug-likeness (QED) is 0.648. The Morgan fingerprint density at radius 2 is 2.12 bits per heavy atom. The van der Waals surface area contributed by atoms with E-state index < -0.39 is 17.7 Å². The third-order valence-electron chi connectivity index (χ3n) is 1.66. The number of carbonyl (C=O) groups excluding carboxylic acids is 1. The van der Waals surface area contributed by atoms with Gasteiger partial charge in [0.25, 0.3) is 5.78 Å². The minimum absolute atomic E-state index is 0.0434. The Morgan fingerprint density at radius 3 is 2.65 bits per heavy atom. The van der Waals surface area contributed by atoms with Gasteiger partial charge in [0.1, 0.15) is 17.8 Å². The molecule has 1 aromatic rings. The molecule has 0 aliphatic rings. The van der Waals surface area contributed by atoms with E-state index in [2.05, 4.69) is 14.7 Å². The van der Waals surface area contributed by atoms with Crippen molar-refractivity contribution in [1.82, 2.24) is 9.97 Å². The van der Waals surface area contributed by atoms with Crippen LogP contribution in [0.15, 0.2) is 18.5 Å². The number of aliphatic hydroxyl groups is 1. The van der Waals surface area contributed by atoms with Gasteiger partial charge in [0.15, 0.2) is 0 Å². The van der Waals surface area contributed by atoms with Crippen molar-refractivity contribution in [2.75, 3.05) is 7.11 Å². The van der Waals surface area contributed by atoms with Gasteiger partial charge in [0.05, 0.1) is 7.11 Å². The second-order valence-corrected chi connectivity index (χ2v) is 2.84. The molecule has 1 aromatic heterocycles. The minimum atomic E-state index is -5.04. The number of hydrogen-bond acceptors (Lipinski definition) is 5. The molecule has 0 fully saturated rings. The van der Waals surface area contributed by atoms with Gasteiger partial charge in [-0.05, 0) is 0 Å². The van der Waals surface area contributed by atoms with E-state index in [1.54, 1.807) is 0 Å². The third kappa shape index (κ3) is 3.44. The highest BCUT2D eigenvalue weighted by Crippen LogP contribution is 2.19. The van der Waals surface area contributed by atoms with E-state index in [0.717, 1.165) is 12.4 Å². The first-order valence-electron chi connectivity index (χ1n) is 4.23. The van der Waals surface area contributed by atoms with Gasteiger partial charge in [-0.15, -0.1) is 0 Å². The lowest BCUT2D eigenvalue weighted by Gasteiger charge is -2.03. The van der Waals surface area contributed by atoms with Crippen LogP contribution >= 0.6 is 0 Å². The smallest absolute Gasteiger partial charge is 0.454 e. The van der Waals surface area contributed by atoms with Crippen LogP contribution in [-0.2, 0) is 4.79 Å². The summed E-state index contributed by atoms with van der Waals surface area (Å²) in [7, 11) is 1.29. The van der Waals surface area contributed by atoms with Crippen LogP contribution in [0.4, 0.5) is 13.2 Å². The number of ether oxygens (including phenoxy) is 1. The van der Waals surface area contributed by atoms with Crippen molar-refractivity contribution in [2.24, 2.45) is 0 Å². The number of ketones is 1. The molecule has 0 aliphatic heterocycles. The second kappa shape index (κ2) is 4.81. The Labute approximate surface area is 93.6 Å². The highest BCUT2D eigenvalue weighted by atomic mass is 19.4. The molecule has 0 radical (unpaired) electrons. The fourth-order valence-electron chi connectivity index (χ4n) is 0.871. The molecular formula is C9H7F3N2O3. The van der Waals surface area contributed by atoms with Gasteiger partial charge in [0, 0.05) is 12.1 Å². The minimum Gasteiger partial charge on any atom is -0.506 e. The lowest BCUT2D eigenvalue weighted by Crippen LogP contribution is -2.20. The SMILES string of the molecule is COc1cc(C(O)=CC(=O)C(F)(F)F)ncn1. The number of halogens is 3. The normalized spacial score (nSPS) is 12.4. The first-order chi connectivity index (χ1) is 7.84. The number of hydrogen-bond donors (Lipinski definition) is 1. The maximum absolute atomic E-state index is 11.9. The number of methoxy groups -OCH3 is 1. The molecule has 0 atom stereocenters. The van der Waals surface area contributed by atoms with E-state index >= 15 is 0 Å². The number of allylic oxidation sites excluding steroid dienone is 1. The Hall–Kier alpha value is -2.12. The Balaban J connectivity index is 3.00. The van der Waals surface area contributed by atoms with Gasteiger partial charge in [0.2, 0.25) is 5.88 Å². The summed E-state index contributed by atoms with van der Waals surface area (Å²) in [5, 5.41) is 9.27. The molecule has 17 heavy (non-hydrogen) atoms. The first-order valence-corrected chi connectivity index (χ1v) is 4.23. The summed E-state index contributed by atoms with van der Waals surface area (Å²) in [4.78, 5) is 17.6. The van der Waals surface area contributed by atoms with Crippen LogP contribution < -0.4 is 4.74 Å². The molecular weight excluding hydrogens is 241 g/mol. The fraction of sp³-hybridized carbons (Fsp3) is 0.222. The van der Waals surface area contributed by atoms with Crippen molar-refractivity contribution in [3.8, 4) is 5.88 Å². The Kier molecular flexibility index (Phi) is 3.66. The largest absolute Gasteiger partial charge is 0.506 e. The zero-order valence-corrected chi connectivity index (χ0v) is 8.52. The molecule has 0 bridgehead atoms. The van der Waals surface area contributed by atoms with Gasteiger partial charge in [-0.2, -0.15) is 13.2 Å². The van der Waals surface area contributed by atoms with Gasteiger partial charge in [-0.25, -0.2) is 9.97 Å². The van der Waals surface area contributed by atoms with Crippen LogP contribution in [0.2, 0.25) is 0 Å². The summed E-state index contributed by atoms with van der Waals surface area (Å²) in [6, 6.07) is 1.09. The average molecular weight is 248 g/mol. The monoisotopic (exact) mass is 248 g/mol. The van der Waals surface area contributed by atoms with Crippen molar-refractivity contribution in [3.05, 3.63) is 24.2 Å². The van der Waals surface area contributed by atoms with Gasteiger partial charge in [-0.1, -0.05) is 0 Å². The van der Waals surface area contributed by atoms with E-state index in [0.29, 0.717) is 0 Å². The topological polar surface area (TPSA) is 72.3 Å². The van der Waals surface area contributed by atoms with Crippen molar-refractivity contribution in [1.29, 1.82) is 0 Å². The number of rotatable bonds is 3. The van der Waals surface area contributed by atoms with Crippen LogP contribution in [0.1, 0.15) is 5.69 Å². The number of nitrogens with zero attached hydrogens (tertiary/aromatic N) is 2. The third-order valence-corrected chi connectivity index (χ3v) is 1.66. The maximum atomic E-state index is 11.9. The molecule has 5 nitrogen and oxygen atoms in total. The number of alkyl halides is 3. The lowest BCUT2D eigenvalue weighted by molar-refractivity contribution is -0.165. The van der Waals surface area contributed by atoms with Crippen molar-refractivity contribution in [2.45, 2.75) is 6.18 Å². The zero-order valence-electron chi connectivity index (χ0n) is 8.52. The molecule has 1 N–H and O–H groups in total. The molecule has 92 valence electrons. The Morgan fingerprint density at radius 1 is 1.47 bits per heavy atom. The zero-order chi connectivity index (χ0) is 13.1. The van der Waals surface area contributed by atoms with E-state index in [1.807, 2.05) is 0 Å². The van der Waals surface area contributed by atoms with Crippen molar-refractivity contribution in [3.63, 3.8) is 0 Å². The van der Waals surface area contributed by atoms with Crippen LogP contribution in [0.25, 0.3) is 5.76 Å².